The number of carbonyl (C=O) groups excluding carboxylic acids is 2. The number of hydroxylamine groups is 2. The van der Waals surface area contributed by atoms with Gasteiger partial charge in [-0.2, -0.15) is 0 Å². The average Bonchev–Trinajstić information content (AvgIpc) is 3.06. The summed E-state index contributed by atoms with van der Waals surface area (Å²) >= 11 is 9.40. The summed E-state index contributed by atoms with van der Waals surface area (Å²) in [6.07, 6.45) is 4.00. The molecule has 126 valence electrons. The Balaban J connectivity index is 1.54. The Labute approximate surface area is 151 Å². The smallest absolute Gasteiger partial charge is 0.350 e. The van der Waals surface area contributed by atoms with E-state index in [1.165, 1.54) is 5.06 Å². The van der Waals surface area contributed by atoms with Crippen LogP contribution in [0.3, 0.4) is 0 Å². The van der Waals surface area contributed by atoms with Gasteiger partial charge in [-0.15, -0.1) is 0 Å². The molecule has 3 unspecified atom stereocenters. The van der Waals surface area contributed by atoms with Crippen LogP contribution in [0, 0.1) is 5.92 Å². The lowest BCUT2D eigenvalue weighted by atomic mass is 10.1. The molecule has 2 fully saturated rings. The number of hydrogen-bond acceptors (Lipinski definition) is 7. The van der Waals surface area contributed by atoms with Crippen LogP contribution >= 0.6 is 27.5 Å². The molecule has 0 N–H and O–H groups in total. The van der Waals surface area contributed by atoms with E-state index in [0.717, 1.165) is 24.4 Å². The number of pyridine rings is 1. The van der Waals surface area contributed by atoms with E-state index in [1.807, 2.05) is 6.07 Å². The molecule has 0 aliphatic carbocycles. The van der Waals surface area contributed by atoms with Gasteiger partial charge in [-0.05, 0) is 22.0 Å². The first kappa shape index (κ1) is 15.9. The highest BCUT2D eigenvalue weighted by Crippen LogP contribution is 2.39. The van der Waals surface area contributed by atoms with Gasteiger partial charge < -0.3 is 14.5 Å². The minimum Gasteiger partial charge on any atom is -0.440 e. The molecule has 3 atom stereocenters. The number of fused-ring (bicyclic) bond motifs is 3. The quantitative estimate of drug-likeness (QED) is 0.513. The molecule has 1 aromatic rings. The molecule has 3 aliphatic heterocycles. The minimum atomic E-state index is -0.566. The highest BCUT2D eigenvalue weighted by molar-refractivity contribution is 9.10. The molecule has 1 aromatic heterocycles. The van der Waals surface area contributed by atoms with Crippen molar-refractivity contribution in [3.63, 3.8) is 0 Å². The topological polar surface area (TPSA) is 72.0 Å². The fourth-order valence-corrected chi connectivity index (χ4v) is 3.79. The summed E-state index contributed by atoms with van der Waals surface area (Å²) in [7, 11) is 0. The van der Waals surface area contributed by atoms with E-state index >= 15 is 0 Å². The SMILES string of the molecule is O=C1/C=C/C(=O)ON2C(CC3CN(c4cnc(Br)c(Cl)c4)CC32)O1. The molecule has 4 heterocycles. The third-order valence-corrected chi connectivity index (χ3v) is 5.62. The van der Waals surface area contributed by atoms with E-state index in [4.69, 9.17) is 21.2 Å². The van der Waals surface area contributed by atoms with Crippen molar-refractivity contribution in [1.29, 1.82) is 0 Å². The summed E-state index contributed by atoms with van der Waals surface area (Å²) in [6, 6.07) is 1.81. The summed E-state index contributed by atoms with van der Waals surface area (Å²) in [4.78, 5) is 35.1. The van der Waals surface area contributed by atoms with E-state index in [0.29, 0.717) is 22.6 Å². The van der Waals surface area contributed by atoms with Gasteiger partial charge in [0.2, 0.25) is 0 Å². The lowest BCUT2D eigenvalue weighted by molar-refractivity contribution is -0.236. The van der Waals surface area contributed by atoms with Crippen molar-refractivity contribution in [2.45, 2.75) is 18.7 Å². The van der Waals surface area contributed by atoms with Crippen molar-refractivity contribution in [3.05, 3.63) is 34.0 Å². The maximum atomic E-state index is 11.7. The van der Waals surface area contributed by atoms with Crippen molar-refractivity contribution in [2.24, 2.45) is 5.92 Å². The Bertz CT molecular complexity index is 743. The fourth-order valence-electron chi connectivity index (χ4n) is 3.42. The summed E-state index contributed by atoms with van der Waals surface area (Å²) in [5.74, 6) is -0.873. The van der Waals surface area contributed by atoms with Crippen LogP contribution in [0.15, 0.2) is 29.0 Å². The Hall–Kier alpha value is -1.64. The van der Waals surface area contributed by atoms with Crippen molar-refractivity contribution in [3.8, 4) is 0 Å². The van der Waals surface area contributed by atoms with E-state index in [2.05, 4.69) is 25.8 Å². The number of halogens is 2. The van der Waals surface area contributed by atoms with Crippen molar-refractivity contribution >= 4 is 45.2 Å². The maximum absolute atomic E-state index is 11.7. The summed E-state index contributed by atoms with van der Waals surface area (Å²) in [6.45, 7) is 1.38. The normalized spacial score (nSPS) is 30.9. The van der Waals surface area contributed by atoms with Gasteiger partial charge in [0.1, 0.15) is 4.60 Å². The highest BCUT2D eigenvalue weighted by Gasteiger charge is 2.50. The molecule has 7 nitrogen and oxygen atoms in total. The van der Waals surface area contributed by atoms with Crippen LogP contribution in [0.2, 0.25) is 5.02 Å². The lowest BCUT2D eigenvalue weighted by Gasteiger charge is -2.29. The van der Waals surface area contributed by atoms with Crippen LogP contribution in [0.25, 0.3) is 0 Å². The zero-order valence-electron chi connectivity index (χ0n) is 12.4. The molecule has 0 bridgehead atoms. The second-order valence-electron chi connectivity index (χ2n) is 5.93. The third-order valence-electron chi connectivity index (χ3n) is 4.47. The van der Waals surface area contributed by atoms with E-state index in [9.17, 15) is 9.59 Å². The number of rotatable bonds is 1. The zero-order valence-corrected chi connectivity index (χ0v) is 14.7. The molecule has 24 heavy (non-hydrogen) atoms. The van der Waals surface area contributed by atoms with Crippen molar-refractivity contribution < 1.29 is 19.2 Å². The van der Waals surface area contributed by atoms with Crippen LogP contribution in [0.5, 0.6) is 0 Å². The second-order valence-corrected chi connectivity index (χ2v) is 7.09. The molecule has 3 aliphatic rings. The Morgan fingerprint density at radius 1 is 1.25 bits per heavy atom. The molecule has 4 rings (SSSR count). The number of anilines is 1. The number of nitrogens with zero attached hydrogens (tertiary/aromatic N) is 3. The van der Waals surface area contributed by atoms with Gasteiger partial charge in [-0.25, -0.2) is 14.6 Å². The largest absolute Gasteiger partial charge is 0.440 e. The number of esters is 1. The van der Waals surface area contributed by atoms with Gasteiger partial charge in [-0.3, -0.25) is 0 Å². The van der Waals surface area contributed by atoms with Crippen molar-refractivity contribution in [1.82, 2.24) is 10.0 Å². The zero-order chi connectivity index (χ0) is 16.8. The van der Waals surface area contributed by atoms with E-state index in [1.54, 1.807) is 6.20 Å². The summed E-state index contributed by atoms with van der Waals surface area (Å²) in [5.41, 5.74) is 0.907. The first-order valence-corrected chi connectivity index (χ1v) is 8.63. The fraction of sp³-hybridized carbons (Fsp3) is 0.400. The van der Waals surface area contributed by atoms with Crippen LogP contribution in [0.4, 0.5) is 5.69 Å². The number of carbonyl (C=O) groups is 2. The molecule has 9 heteroatoms. The molecule has 0 radical (unpaired) electrons. The molecular weight excluding hydrogens is 402 g/mol. The monoisotopic (exact) mass is 413 g/mol. The summed E-state index contributed by atoms with van der Waals surface area (Å²) < 4.78 is 5.94. The molecule has 2 saturated heterocycles. The second kappa shape index (κ2) is 6.02. The van der Waals surface area contributed by atoms with Crippen LogP contribution in [0.1, 0.15) is 6.42 Å². The first-order valence-electron chi connectivity index (χ1n) is 7.46. The number of aromatic nitrogens is 1. The lowest BCUT2D eigenvalue weighted by Crippen LogP contribution is -2.43. The van der Waals surface area contributed by atoms with Gasteiger partial charge in [-0.1, -0.05) is 16.7 Å². The molecule has 0 saturated carbocycles. The molecule has 0 amide bonds. The Kier molecular flexibility index (Phi) is 3.98. The standard InChI is InChI=1S/C15H13BrClN3O4/c16-15-10(17)4-9(5-18-15)19-6-8-3-12-20(11(8)7-19)24-14(22)2-1-13(21)23-12/h1-2,4-5,8,11-12H,3,6-7H2/b2-1+. The Morgan fingerprint density at radius 3 is 2.83 bits per heavy atom. The van der Waals surface area contributed by atoms with Gasteiger partial charge >= 0.3 is 11.9 Å². The molecule has 0 spiro atoms. The number of hydrogen-bond donors (Lipinski definition) is 0. The first-order chi connectivity index (χ1) is 11.5. The van der Waals surface area contributed by atoms with Gasteiger partial charge in [0, 0.05) is 37.6 Å². The maximum Gasteiger partial charge on any atom is 0.350 e. The molecule has 0 aromatic carbocycles. The van der Waals surface area contributed by atoms with Crippen LogP contribution in [-0.2, 0) is 19.2 Å². The predicted molar refractivity (Wildman–Crippen MR) is 88.0 cm³/mol. The van der Waals surface area contributed by atoms with E-state index in [-0.39, 0.29) is 12.0 Å². The summed E-state index contributed by atoms with van der Waals surface area (Å²) in [5, 5.41) is 2.06. The predicted octanol–water partition coefficient (Wildman–Crippen LogP) is 1.91. The highest BCUT2D eigenvalue weighted by atomic mass is 79.9. The van der Waals surface area contributed by atoms with Gasteiger partial charge in [0.05, 0.1) is 22.9 Å². The average molecular weight is 415 g/mol. The van der Waals surface area contributed by atoms with Gasteiger partial charge in [0.25, 0.3) is 0 Å². The van der Waals surface area contributed by atoms with E-state index < -0.39 is 18.2 Å². The minimum absolute atomic E-state index is 0.0410. The van der Waals surface area contributed by atoms with Crippen LogP contribution in [-0.4, -0.2) is 47.3 Å². The van der Waals surface area contributed by atoms with Crippen molar-refractivity contribution in [2.75, 3.05) is 18.0 Å². The van der Waals surface area contributed by atoms with Crippen LogP contribution < -0.4 is 4.90 Å². The molecular formula is C15H13BrClN3O4. The number of ether oxygens (including phenoxy) is 1. The van der Waals surface area contributed by atoms with Gasteiger partial charge in [0.15, 0.2) is 6.23 Å². The third kappa shape index (κ3) is 2.78. The Morgan fingerprint density at radius 2 is 2.04 bits per heavy atom.